The van der Waals surface area contributed by atoms with Gasteiger partial charge in [-0.3, -0.25) is 14.8 Å². The number of sulfonamides is 1. The summed E-state index contributed by atoms with van der Waals surface area (Å²) in [4.78, 5) is 14.6. The number of para-hydroxylation sites is 2. The lowest BCUT2D eigenvalue weighted by molar-refractivity contribution is -0.387. The van der Waals surface area contributed by atoms with Gasteiger partial charge in [0.15, 0.2) is 10.1 Å². The molecule has 8 nitrogen and oxygen atoms in total. The number of fused-ring (bicyclic) bond motifs is 1. The summed E-state index contributed by atoms with van der Waals surface area (Å²) in [5.74, 6) is 0.967. The topological polar surface area (TPSA) is 107 Å². The Bertz CT molecular complexity index is 1120. The van der Waals surface area contributed by atoms with Crippen LogP contribution in [0.1, 0.15) is 0 Å². The molecule has 0 spiro atoms. The minimum atomic E-state index is -4.15. The number of anilines is 1. The van der Waals surface area contributed by atoms with Crippen LogP contribution in [0.15, 0.2) is 64.8 Å². The van der Waals surface area contributed by atoms with Gasteiger partial charge in [0.25, 0.3) is 15.7 Å². The number of nitrogens with one attached hydrogen (secondary N) is 1. The maximum atomic E-state index is 12.8. The van der Waals surface area contributed by atoms with Gasteiger partial charge in [-0.05, 0) is 12.1 Å². The number of nitrogens with zero attached hydrogens (tertiary/aromatic N) is 3. The van der Waals surface area contributed by atoms with Crippen LogP contribution in [-0.4, -0.2) is 28.6 Å². The van der Waals surface area contributed by atoms with Crippen molar-refractivity contribution in [2.45, 2.75) is 16.6 Å². The fourth-order valence-electron chi connectivity index (χ4n) is 2.87. The molecule has 0 atom stereocenters. The van der Waals surface area contributed by atoms with Crippen LogP contribution < -0.4 is 4.72 Å². The van der Waals surface area contributed by atoms with Crippen molar-refractivity contribution in [1.29, 1.82) is 0 Å². The first kappa shape index (κ1) is 17.6. The molecule has 2 heterocycles. The lowest BCUT2D eigenvalue weighted by Gasteiger charge is -2.11. The highest BCUT2D eigenvalue weighted by Crippen LogP contribution is 2.34. The zero-order valence-electron chi connectivity index (χ0n) is 13.9. The van der Waals surface area contributed by atoms with Crippen molar-refractivity contribution in [2.24, 2.45) is 0 Å². The van der Waals surface area contributed by atoms with Gasteiger partial charge in [0.2, 0.25) is 0 Å². The van der Waals surface area contributed by atoms with Gasteiger partial charge in [-0.15, -0.1) is 0 Å². The molecular weight excluding hydrogens is 388 g/mol. The Morgan fingerprint density at radius 1 is 1.15 bits per heavy atom. The van der Waals surface area contributed by atoms with E-state index in [1.165, 1.54) is 18.2 Å². The normalized spacial score (nSPS) is 13.3. The number of thioether (sulfide) groups is 1. The van der Waals surface area contributed by atoms with Crippen LogP contribution in [-0.2, 0) is 16.6 Å². The summed E-state index contributed by atoms with van der Waals surface area (Å²) in [7, 11) is -4.15. The van der Waals surface area contributed by atoms with E-state index in [0.717, 1.165) is 23.5 Å². The third-order valence-corrected chi connectivity index (χ3v) is 6.49. The molecule has 10 heteroatoms. The summed E-state index contributed by atoms with van der Waals surface area (Å²) in [5, 5.41) is 12.1. The Labute approximate surface area is 159 Å². The van der Waals surface area contributed by atoms with Gasteiger partial charge in [-0.25, -0.2) is 13.4 Å². The molecule has 0 bridgehead atoms. The highest BCUT2D eigenvalue weighted by molar-refractivity contribution is 7.99. The van der Waals surface area contributed by atoms with E-state index in [-0.39, 0.29) is 4.90 Å². The lowest BCUT2D eigenvalue weighted by Crippen LogP contribution is -2.15. The van der Waals surface area contributed by atoms with Crippen LogP contribution in [0.25, 0.3) is 11.3 Å². The average Bonchev–Trinajstić information content (AvgIpc) is 3.24. The molecule has 0 amide bonds. The minimum Gasteiger partial charge on any atom is -0.325 e. The van der Waals surface area contributed by atoms with Gasteiger partial charge in [0.1, 0.15) is 0 Å². The fourth-order valence-corrected chi connectivity index (χ4v) is 5.07. The molecule has 0 aliphatic carbocycles. The number of hydrogen-bond donors (Lipinski definition) is 1. The number of imidazole rings is 1. The van der Waals surface area contributed by atoms with Crippen molar-refractivity contribution in [3.63, 3.8) is 0 Å². The van der Waals surface area contributed by atoms with Gasteiger partial charge in [0, 0.05) is 30.1 Å². The highest BCUT2D eigenvalue weighted by atomic mass is 32.2. The number of aryl methyl sites for hydroxylation is 1. The van der Waals surface area contributed by atoms with E-state index in [9.17, 15) is 18.5 Å². The SMILES string of the molecule is O=[N+]([O-])c1ccccc1S(=O)(=O)Nc1ccccc1-c1cn2c(n1)SCC2. The zero-order chi connectivity index (χ0) is 19.0. The van der Waals surface area contributed by atoms with Gasteiger partial charge >= 0.3 is 0 Å². The third kappa shape index (κ3) is 3.28. The van der Waals surface area contributed by atoms with Gasteiger partial charge in [0.05, 0.1) is 16.3 Å². The minimum absolute atomic E-state index is 0.317. The van der Waals surface area contributed by atoms with E-state index in [4.69, 9.17) is 0 Å². The first-order valence-corrected chi connectivity index (χ1v) is 10.5. The van der Waals surface area contributed by atoms with Crippen molar-refractivity contribution in [3.8, 4) is 11.3 Å². The molecular formula is C17H14N4O4S2. The van der Waals surface area contributed by atoms with Crippen molar-refractivity contribution in [1.82, 2.24) is 9.55 Å². The van der Waals surface area contributed by atoms with Gasteiger partial charge < -0.3 is 4.57 Å². The Morgan fingerprint density at radius 2 is 1.89 bits per heavy atom. The monoisotopic (exact) mass is 402 g/mol. The summed E-state index contributed by atoms with van der Waals surface area (Å²) < 4.78 is 30.1. The van der Waals surface area contributed by atoms with Crippen molar-refractivity contribution >= 4 is 33.2 Å². The summed E-state index contributed by atoms with van der Waals surface area (Å²) in [6.45, 7) is 0.858. The maximum Gasteiger partial charge on any atom is 0.289 e. The first-order valence-electron chi connectivity index (χ1n) is 8.01. The predicted octanol–water partition coefficient (Wildman–Crippen LogP) is 3.36. The van der Waals surface area contributed by atoms with Crippen molar-refractivity contribution in [3.05, 3.63) is 64.8 Å². The molecule has 2 aromatic carbocycles. The Hall–Kier alpha value is -2.85. The maximum absolute atomic E-state index is 12.8. The van der Waals surface area contributed by atoms with E-state index in [1.54, 1.807) is 36.0 Å². The van der Waals surface area contributed by atoms with E-state index < -0.39 is 20.6 Å². The molecule has 0 fully saturated rings. The predicted molar refractivity (Wildman–Crippen MR) is 102 cm³/mol. The van der Waals surface area contributed by atoms with Crippen molar-refractivity contribution < 1.29 is 13.3 Å². The molecule has 138 valence electrons. The molecule has 1 aromatic heterocycles. The van der Waals surface area contributed by atoms with E-state index >= 15 is 0 Å². The lowest BCUT2D eigenvalue weighted by atomic mass is 10.1. The van der Waals surface area contributed by atoms with E-state index in [1.807, 2.05) is 10.8 Å². The highest BCUT2D eigenvalue weighted by Gasteiger charge is 2.26. The van der Waals surface area contributed by atoms with E-state index in [2.05, 4.69) is 9.71 Å². The van der Waals surface area contributed by atoms with Crippen LogP contribution in [0.5, 0.6) is 0 Å². The molecule has 27 heavy (non-hydrogen) atoms. The molecule has 4 rings (SSSR count). The smallest absolute Gasteiger partial charge is 0.289 e. The largest absolute Gasteiger partial charge is 0.325 e. The molecule has 3 aromatic rings. The van der Waals surface area contributed by atoms with Crippen molar-refractivity contribution in [2.75, 3.05) is 10.5 Å². The number of nitro groups is 1. The number of benzene rings is 2. The standard InChI is InChI=1S/C17H14N4O4S2/c22-21(23)15-7-3-4-8-16(15)27(24,25)19-13-6-2-1-5-12(13)14-11-20-9-10-26-17(20)18-14/h1-8,11,19H,9-10H2. The van der Waals surface area contributed by atoms with Crippen LogP contribution in [0.3, 0.4) is 0 Å². The summed E-state index contributed by atoms with van der Waals surface area (Å²) in [6, 6.07) is 12.1. The van der Waals surface area contributed by atoms with Gasteiger partial charge in [-0.2, -0.15) is 0 Å². The number of hydrogen-bond acceptors (Lipinski definition) is 6. The second-order valence-corrected chi connectivity index (χ2v) is 8.54. The molecule has 0 unspecified atom stereocenters. The van der Waals surface area contributed by atoms with Gasteiger partial charge in [-0.1, -0.05) is 42.1 Å². The first-order chi connectivity index (χ1) is 13.0. The van der Waals surface area contributed by atoms with Crippen LogP contribution in [0.4, 0.5) is 11.4 Å². The fraction of sp³-hybridized carbons (Fsp3) is 0.118. The van der Waals surface area contributed by atoms with Crippen LogP contribution in [0, 0.1) is 10.1 Å². The quantitative estimate of drug-likeness (QED) is 0.518. The molecule has 0 saturated carbocycles. The molecule has 1 N–H and O–H groups in total. The van der Waals surface area contributed by atoms with Crippen LogP contribution >= 0.6 is 11.8 Å². The Kier molecular flexibility index (Phi) is 4.36. The second kappa shape index (κ2) is 6.71. The summed E-state index contributed by atoms with van der Waals surface area (Å²) in [6.07, 6.45) is 1.88. The third-order valence-electron chi connectivity index (χ3n) is 4.10. The average molecular weight is 402 g/mol. The number of aromatic nitrogens is 2. The number of nitro benzene ring substituents is 1. The molecule has 0 saturated heterocycles. The molecule has 0 radical (unpaired) electrons. The van der Waals surface area contributed by atoms with E-state index in [0.29, 0.717) is 16.9 Å². The summed E-state index contributed by atoms with van der Waals surface area (Å²) in [5.41, 5.74) is 1.11. The molecule has 1 aliphatic rings. The Morgan fingerprint density at radius 3 is 2.67 bits per heavy atom. The second-order valence-electron chi connectivity index (χ2n) is 5.83. The zero-order valence-corrected chi connectivity index (χ0v) is 15.5. The van der Waals surface area contributed by atoms with Crippen LogP contribution in [0.2, 0.25) is 0 Å². The summed E-state index contributed by atoms with van der Waals surface area (Å²) >= 11 is 1.64. The molecule has 1 aliphatic heterocycles. The number of rotatable bonds is 5. The Balaban J connectivity index is 1.74.